The quantitative estimate of drug-likeness (QED) is 0.575. The van der Waals surface area contributed by atoms with Crippen LogP contribution in [-0.4, -0.2) is 26.9 Å². The van der Waals surface area contributed by atoms with Crippen molar-refractivity contribution in [2.24, 2.45) is 0 Å². The summed E-state index contributed by atoms with van der Waals surface area (Å²) in [5.41, 5.74) is 0.0142. The highest BCUT2D eigenvalue weighted by Crippen LogP contribution is 2.21. The number of aromatic carboxylic acids is 1. The fourth-order valence-corrected chi connectivity index (χ4v) is 2.10. The number of halogens is 1. The molecular formula is C12H8BrN3O5. The number of aromatic amines is 1. The highest BCUT2D eigenvalue weighted by atomic mass is 79.9. The number of H-pyrrole nitrogens is 1. The minimum atomic E-state index is -1.14. The molecule has 21 heavy (non-hydrogen) atoms. The lowest BCUT2D eigenvalue weighted by molar-refractivity contribution is -0.384. The summed E-state index contributed by atoms with van der Waals surface area (Å²) in [7, 11) is 0. The molecule has 0 radical (unpaired) electrons. The van der Waals surface area contributed by atoms with Gasteiger partial charge in [-0.3, -0.25) is 14.9 Å². The number of hydrogen-bond acceptors (Lipinski definition) is 4. The van der Waals surface area contributed by atoms with E-state index in [1.54, 1.807) is 0 Å². The average Bonchev–Trinajstić information content (AvgIpc) is 2.87. The Hall–Kier alpha value is -2.68. The molecule has 0 saturated carbocycles. The third-order valence-corrected chi connectivity index (χ3v) is 2.98. The Bertz CT molecular complexity index is 740. The summed E-state index contributed by atoms with van der Waals surface area (Å²) in [5.74, 6) is -1.75. The van der Waals surface area contributed by atoms with E-state index in [2.05, 4.69) is 26.2 Å². The first-order valence-electron chi connectivity index (χ1n) is 5.55. The number of anilines is 1. The van der Waals surface area contributed by atoms with Gasteiger partial charge in [-0.25, -0.2) is 4.79 Å². The van der Waals surface area contributed by atoms with Crippen LogP contribution in [0.5, 0.6) is 0 Å². The summed E-state index contributed by atoms with van der Waals surface area (Å²) in [6.45, 7) is 0. The molecule has 9 heteroatoms. The Morgan fingerprint density at radius 2 is 2.00 bits per heavy atom. The lowest BCUT2D eigenvalue weighted by atomic mass is 10.2. The van der Waals surface area contributed by atoms with Gasteiger partial charge in [-0.1, -0.05) is 15.9 Å². The van der Waals surface area contributed by atoms with Gasteiger partial charge in [0.15, 0.2) is 0 Å². The van der Waals surface area contributed by atoms with Crippen LogP contribution in [0.15, 0.2) is 34.9 Å². The van der Waals surface area contributed by atoms with E-state index in [0.717, 1.165) is 12.3 Å². The number of aromatic nitrogens is 1. The molecule has 2 aromatic rings. The van der Waals surface area contributed by atoms with E-state index in [9.17, 15) is 19.7 Å². The number of nitro groups is 1. The van der Waals surface area contributed by atoms with Gasteiger partial charge in [0, 0.05) is 16.2 Å². The molecule has 8 nitrogen and oxygen atoms in total. The average molecular weight is 354 g/mol. The normalized spacial score (nSPS) is 10.1. The van der Waals surface area contributed by atoms with Crippen LogP contribution in [0.25, 0.3) is 0 Å². The van der Waals surface area contributed by atoms with E-state index in [-0.39, 0.29) is 22.6 Å². The molecule has 0 spiro atoms. The lowest BCUT2D eigenvalue weighted by Crippen LogP contribution is -2.12. The third kappa shape index (κ3) is 3.45. The molecule has 1 heterocycles. The van der Waals surface area contributed by atoms with Gasteiger partial charge in [0.1, 0.15) is 5.69 Å². The predicted molar refractivity (Wildman–Crippen MR) is 76.5 cm³/mol. The first-order chi connectivity index (χ1) is 9.86. The number of carboxylic acids is 1. The number of nitrogens with one attached hydrogen (secondary N) is 2. The molecule has 3 N–H and O–H groups in total. The zero-order valence-electron chi connectivity index (χ0n) is 10.3. The molecule has 0 aliphatic heterocycles. The fourth-order valence-electron chi connectivity index (χ4n) is 1.60. The maximum Gasteiger partial charge on any atom is 0.335 e. The molecule has 2 rings (SSSR count). The first-order valence-corrected chi connectivity index (χ1v) is 6.34. The predicted octanol–water partition coefficient (Wildman–Crippen LogP) is 2.64. The van der Waals surface area contributed by atoms with Crippen LogP contribution >= 0.6 is 15.9 Å². The van der Waals surface area contributed by atoms with E-state index in [4.69, 9.17) is 5.11 Å². The van der Waals surface area contributed by atoms with Crippen LogP contribution in [0.3, 0.4) is 0 Å². The van der Waals surface area contributed by atoms with Gasteiger partial charge >= 0.3 is 5.97 Å². The number of hydrogen-bond donors (Lipinski definition) is 3. The van der Waals surface area contributed by atoms with E-state index in [0.29, 0.717) is 4.47 Å². The van der Waals surface area contributed by atoms with E-state index in [1.807, 2.05) is 0 Å². The molecule has 108 valence electrons. The van der Waals surface area contributed by atoms with Crippen molar-refractivity contribution in [2.75, 3.05) is 5.32 Å². The van der Waals surface area contributed by atoms with Crippen molar-refractivity contribution in [3.05, 3.63) is 56.3 Å². The second-order valence-electron chi connectivity index (χ2n) is 4.02. The van der Waals surface area contributed by atoms with Crippen LogP contribution in [0, 0.1) is 10.1 Å². The van der Waals surface area contributed by atoms with Crippen LogP contribution in [-0.2, 0) is 0 Å². The molecule has 0 bridgehead atoms. The minimum Gasteiger partial charge on any atom is -0.478 e. The molecular weight excluding hydrogens is 346 g/mol. The lowest BCUT2D eigenvalue weighted by Gasteiger charge is -2.05. The number of carbonyl (C=O) groups is 2. The van der Waals surface area contributed by atoms with Gasteiger partial charge in [-0.05, 0) is 18.2 Å². The van der Waals surface area contributed by atoms with Crippen LogP contribution < -0.4 is 5.32 Å². The monoisotopic (exact) mass is 353 g/mol. The second-order valence-corrected chi connectivity index (χ2v) is 4.93. The topological polar surface area (TPSA) is 125 Å². The summed E-state index contributed by atoms with van der Waals surface area (Å²) in [6.07, 6.45) is 1.10. The number of amides is 1. The summed E-state index contributed by atoms with van der Waals surface area (Å²) in [5, 5.41) is 21.9. The van der Waals surface area contributed by atoms with Gasteiger partial charge in [-0.2, -0.15) is 0 Å². The maximum atomic E-state index is 11.9. The number of benzene rings is 1. The summed E-state index contributed by atoms with van der Waals surface area (Å²) in [4.78, 5) is 35.2. The zero-order valence-corrected chi connectivity index (χ0v) is 11.9. The van der Waals surface area contributed by atoms with Crippen molar-refractivity contribution in [3.8, 4) is 0 Å². The largest absolute Gasteiger partial charge is 0.478 e. The second kappa shape index (κ2) is 5.75. The van der Waals surface area contributed by atoms with E-state index >= 15 is 0 Å². The Balaban J connectivity index is 2.22. The molecule has 0 aliphatic carbocycles. The van der Waals surface area contributed by atoms with Crippen molar-refractivity contribution in [1.82, 2.24) is 4.98 Å². The SMILES string of the molecule is O=C(O)c1cc(Br)cc(NC(=O)c2cc([N+](=O)[O-])c[nH]2)c1. The number of rotatable bonds is 4. The third-order valence-electron chi connectivity index (χ3n) is 2.53. The highest BCUT2D eigenvalue weighted by molar-refractivity contribution is 9.10. The van der Waals surface area contributed by atoms with Crippen molar-refractivity contribution >= 4 is 39.2 Å². The Morgan fingerprint density at radius 3 is 2.57 bits per heavy atom. The maximum absolute atomic E-state index is 11.9. The van der Waals surface area contributed by atoms with Crippen molar-refractivity contribution in [3.63, 3.8) is 0 Å². The Morgan fingerprint density at radius 1 is 1.29 bits per heavy atom. The minimum absolute atomic E-state index is 0.00134. The molecule has 0 unspecified atom stereocenters. The first kappa shape index (κ1) is 14.7. The standard InChI is InChI=1S/C12H8BrN3O5/c13-7-1-6(12(18)19)2-8(3-7)15-11(17)10-4-9(5-14-10)16(20)21/h1-5,14H,(H,15,17)(H,18,19). The van der Waals surface area contributed by atoms with Gasteiger partial charge in [-0.15, -0.1) is 0 Å². The fraction of sp³-hybridized carbons (Fsp3) is 0. The molecule has 0 aliphatic rings. The highest BCUT2D eigenvalue weighted by Gasteiger charge is 2.15. The van der Waals surface area contributed by atoms with Crippen LogP contribution in [0.4, 0.5) is 11.4 Å². The van der Waals surface area contributed by atoms with Gasteiger partial charge in [0.2, 0.25) is 0 Å². The number of nitrogens with zero attached hydrogens (tertiary/aromatic N) is 1. The van der Waals surface area contributed by atoms with Gasteiger partial charge in [0.25, 0.3) is 11.6 Å². The van der Waals surface area contributed by atoms with Gasteiger partial charge < -0.3 is 15.4 Å². The number of carbonyl (C=O) groups excluding carboxylic acids is 1. The Kier molecular flexibility index (Phi) is 4.03. The summed E-state index contributed by atoms with van der Waals surface area (Å²) < 4.78 is 0.482. The van der Waals surface area contributed by atoms with Crippen molar-refractivity contribution in [1.29, 1.82) is 0 Å². The van der Waals surface area contributed by atoms with Crippen LogP contribution in [0.2, 0.25) is 0 Å². The summed E-state index contributed by atoms with van der Waals surface area (Å²) in [6, 6.07) is 5.27. The van der Waals surface area contributed by atoms with Gasteiger partial charge in [0.05, 0.1) is 16.7 Å². The molecule has 1 aromatic carbocycles. The zero-order chi connectivity index (χ0) is 15.6. The van der Waals surface area contributed by atoms with E-state index in [1.165, 1.54) is 18.2 Å². The van der Waals surface area contributed by atoms with E-state index < -0.39 is 16.8 Å². The number of carboxylic acid groups (broad SMARTS) is 1. The Labute approximate surface area is 126 Å². The van der Waals surface area contributed by atoms with Crippen molar-refractivity contribution in [2.45, 2.75) is 0 Å². The molecule has 0 saturated heterocycles. The molecule has 0 atom stereocenters. The van der Waals surface area contributed by atoms with Crippen molar-refractivity contribution < 1.29 is 19.6 Å². The molecule has 0 fully saturated rings. The molecule has 1 amide bonds. The molecule has 1 aromatic heterocycles. The summed E-state index contributed by atoms with van der Waals surface area (Å²) >= 11 is 3.14. The van der Waals surface area contributed by atoms with Crippen LogP contribution in [0.1, 0.15) is 20.8 Å². The smallest absolute Gasteiger partial charge is 0.335 e.